The fraction of sp³-hybridized carbons (Fsp3) is 0.250. The lowest BCUT2D eigenvalue weighted by molar-refractivity contribution is -0.117. The van der Waals surface area contributed by atoms with Gasteiger partial charge >= 0.3 is 0 Å². The fourth-order valence-corrected chi connectivity index (χ4v) is 3.59. The van der Waals surface area contributed by atoms with Crippen LogP contribution in [0.1, 0.15) is 22.3 Å². The number of carbonyl (C=O) groups is 2. The molecule has 1 saturated heterocycles. The Kier molecular flexibility index (Phi) is 4.23. The van der Waals surface area contributed by atoms with E-state index in [9.17, 15) is 14.0 Å². The maximum absolute atomic E-state index is 13.4. The first kappa shape index (κ1) is 17.7. The van der Waals surface area contributed by atoms with Crippen LogP contribution in [0.4, 0.5) is 10.1 Å². The van der Waals surface area contributed by atoms with Gasteiger partial charge in [0.2, 0.25) is 11.8 Å². The van der Waals surface area contributed by atoms with Gasteiger partial charge in [-0.3, -0.25) is 14.2 Å². The number of hydrogen-bond donors (Lipinski definition) is 0. The van der Waals surface area contributed by atoms with Crippen molar-refractivity contribution in [2.24, 2.45) is 5.92 Å². The van der Waals surface area contributed by atoms with Gasteiger partial charge in [-0.2, -0.15) is 0 Å². The van der Waals surface area contributed by atoms with Crippen molar-refractivity contribution in [2.45, 2.75) is 20.3 Å². The Labute approximate surface area is 160 Å². The monoisotopic (exact) mass is 385 g/mol. The molecular formula is C20H17ClFN3O2. The van der Waals surface area contributed by atoms with Crippen LogP contribution in [0.2, 0.25) is 5.02 Å². The molecule has 138 valence electrons. The number of imidazole rings is 1. The number of nitrogens with zero attached hydrogens (tertiary/aromatic N) is 3. The molecule has 0 saturated carbocycles. The standard InChI is InChI=1S/C20H17ClFN3O2/c1-11-5-17-18(6-12(11)2)25(10-23-17)20(27)13-7-19(26)24(9-13)14-3-4-16(22)15(21)8-14/h3-6,8,10,13H,7,9H2,1-2H3. The summed E-state index contributed by atoms with van der Waals surface area (Å²) in [6, 6.07) is 7.99. The second-order valence-corrected chi connectivity index (χ2v) is 7.29. The van der Waals surface area contributed by atoms with Gasteiger partial charge in [0.1, 0.15) is 12.1 Å². The molecule has 7 heteroatoms. The van der Waals surface area contributed by atoms with Gasteiger partial charge in [0.25, 0.3) is 0 Å². The van der Waals surface area contributed by atoms with E-state index in [1.807, 2.05) is 26.0 Å². The molecule has 27 heavy (non-hydrogen) atoms. The predicted octanol–water partition coefficient (Wildman–Crippen LogP) is 4.14. The Morgan fingerprint density at radius 2 is 1.96 bits per heavy atom. The molecule has 2 aromatic carbocycles. The zero-order valence-electron chi connectivity index (χ0n) is 14.9. The number of hydrogen-bond acceptors (Lipinski definition) is 3. The van der Waals surface area contributed by atoms with Gasteiger partial charge in [-0.15, -0.1) is 0 Å². The minimum atomic E-state index is -0.546. The van der Waals surface area contributed by atoms with Crippen molar-refractivity contribution < 1.29 is 14.0 Å². The summed E-state index contributed by atoms with van der Waals surface area (Å²) in [5.41, 5.74) is 4.15. The van der Waals surface area contributed by atoms with Gasteiger partial charge in [0.15, 0.2) is 0 Å². The summed E-state index contributed by atoms with van der Waals surface area (Å²) in [4.78, 5) is 31.2. The van der Waals surface area contributed by atoms with Crippen molar-refractivity contribution >= 4 is 40.1 Å². The molecule has 5 nitrogen and oxygen atoms in total. The number of fused-ring (bicyclic) bond motifs is 1. The Balaban J connectivity index is 1.63. The molecule has 1 aliphatic heterocycles. The summed E-state index contributed by atoms with van der Waals surface area (Å²) in [7, 11) is 0. The lowest BCUT2D eigenvalue weighted by Gasteiger charge is -2.17. The molecule has 3 aromatic rings. The fourth-order valence-electron chi connectivity index (χ4n) is 3.41. The molecule has 0 aliphatic carbocycles. The number of benzene rings is 2. The zero-order valence-corrected chi connectivity index (χ0v) is 15.6. The maximum Gasteiger partial charge on any atom is 0.237 e. The molecule has 1 amide bonds. The van der Waals surface area contributed by atoms with Crippen molar-refractivity contribution in [1.82, 2.24) is 9.55 Å². The van der Waals surface area contributed by atoms with Crippen molar-refractivity contribution in [1.29, 1.82) is 0 Å². The third kappa shape index (κ3) is 3.00. The van der Waals surface area contributed by atoms with Gasteiger partial charge in [0, 0.05) is 18.7 Å². The predicted molar refractivity (Wildman–Crippen MR) is 102 cm³/mol. The largest absolute Gasteiger partial charge is 0.312 e. The SMILES string of the molecule is Cc1cc2ncn(C(=O)C3CC(=O)N(c4ccc(F)c(Cl)c4)C3)c2cc1C. The summed E-state index contributed by atoms with van der Waals surface area (Å²) >= 11 is 5.82. The molecule has 0 N–H and O–H groups in total. The minimum absolute atomic E-state index is 0.0541. The van der Waals surface area contributed by atoms with Gasteiger partial charge in [-0.25, -0.2) is 9.37 Å². The number of halogens is 2. The van der Waals surface area contributed by atoms with Gasteiger partial charge in [-0.05, 0) is 55.3 Å². The minimum Gasteiger partial charge on any atom is -0.312 e. The average Bonchev–Trinajstić information content (AvgIpc) is 3.21. The van der Waals surface area contributed by atoms with E-state index < -0.39 is 11.7 Å². The number of aromatic nitrogens is 2. The first-order valence-corrected chi connectivity index (χ1v) is 8.97. The number of rotatable bonds is 2. The first-order chi connectivity index (χ1) is 12.8. The first-order valence-electron chi connectivity index (χ1n) is 8.59. The van der Waals surface area contributed by atoms with E-state index in [0.29, 0.717) is 5.69 Å². The van der Waals surface area contributed by atoms with Crippen LogP contribution >= 0.6 is 11.6 Å². The van der Waals surface area contributed by atoms with Crippen molar-refractivity contribution in [3.05, 3.63) is 58.6 Å². The number of aryl methyl sites for hydroxylation is 2. The second-order valence-electron chi connectivity index (χ2n) is 6.88. The van der Waals surface area contributed by atoms with E-state index in [-0.39, 0.29) is 29.8 Å². The van der Waals surface area contributed by atoms with Crippen LogP contribution in [0, 0.1) is 25.6 Å². The molecule has 0 bridgehead atoms. The van der Waals surface area contributed by atoms with E-state index in [4.69, 9.17) is 11.6 Å². The third-order valence-electron chi connectivity index (χ3n) is 5.09. The molecule has 1 fully saturated rings. The molecule has 1 unspecified atom stereocenters. The summed E-state index contributed by atoms with van der Waals surface area (Å²) in [6.07, 6.45) is 1.60. The van der Waals surface area contributed by atoms with Gasteiger partial charge in [-0.1, -0.05) is 11.6 Å². The van der Waals surface area contributed by atoms with Crippen molar-refractivity contribution in [3.8, 4) is 0 Å². The van der Waals surface area contributed by atoms with Crippen LogP contribution in [-0.2, 0) is 4.79 Å². The van der Waals surface area contributed by atoms with E-state index in [2.05, 4.69) is 4.98 Å². The number of anilines is 1. The molecular weight excluding hydrogens is 369 g/mol. The van der Waals surface area contributed by atoms with Crippen LogP contribution in [0.15, 0.2) is 36.7 Å². The van der Waals surface area contributed by atoms with Crippen LogP contribution < -0.4 is 4.90 Å². The molecule has 0 radical (unpaired) electrons. The normalized spacial score (nSPS) is 17.1. The summed E-state index contributed by atoms with van der Waals surface area (Å²) in [5.74, 6) is -1.41. The molecule has 4 rings (SSSR count). The Morgan fingerprint density at radius 1 is 1.22 bits per heavy atom. The highest BCUT2D eigenvalue weighted by Gasteiger charge is 2.36. The molecule has 1 atom stereocenters. The highest BCUT2D eigenvalue weighted by Crippen LogP contribution is 2.30. The number of amides is 1. The topological polar surface area (TPSA) is 55.2 Å². The van der Waals surface area contributed by atoms with E-state index >= 15 is 0 Å². The molecule has 1 aliphatic rings. The smallest absolute Gasteiger partial charge is 0.237 e. The highest BCUT2D eigenvalue weighted by molar-refractivity contribution is 6.31. The Morgan fingerprint density at radius 3 is 2.70 bits per heavy atom. The number of carbonyl (C=O) groups excluding carboxylic acids is 2. The zero-order chi connectivity index (χ0) is 19.3. The van der Waals surface area contributed by atoms with Crippen molar-refractivity contribution in [2.75, 3.05) is 11.4 Å². The Bertz CT molecular complexity index is 1090. The molecule has 1 aromatic heterocycles. The lowest BCUT2D eigenvalue weighted by atomic mass is 10.1. The second kappa shape index (κ2) is 6.46. The summed E-state index contributed by atoms with van der Waals surface area (Å²) in [6.45, 7) is 4.21. The van der Waals surface area contributed by atoms with E-state index in [1.165, 1.54) is 34.0 Å². The van der Waals surface area contributed by atoms with Gasteiger partial charge < -0.3 is 4.90 Å². The third-order valence-corrected chi connectivity index (χ3v) is 5.38. The maximum atomic E-state index is 13.4. The summed E-state index contributed by atoms with van der Waals surface area (Å²) in [5, 5.41) is -0.0541. The average molecular weight is 386 g/mol. The van der Waals surface area contributed by atoms with Crippen molar-refractivity contribution in [3.63, 3.8) is 0 Å². The van der Waals surface area contributed by atoms with Crippen LogP contribution in [0.5, 0.6) is 0 Å². The molecule has 0 spiro atoms. The quantitative estimate of drug-likeness (QED) is 0.666. The highest BCUT2D eigenvalue weighted by atomic mass is 35.5. The van der Waals surface area contributed by atoms with E-state index in [1.54, 1.807) is 0 Å². The van der Waals surface area contributed by atoms with Crippen LogP contribution in [-0.4, -0.2) is 27.9 Å². The van der Waals surface area contributed by atoms with Crippen LogP contribution in [0.25, 0.3) is 11.0 Å². The summed E-state index contributed by atoms with van der Waals surface area (Å²) < 4.78 is 14.9. The van der Waals surface area contributed by atoms with E-state index in [0.717, 1.165) is 22.2 Å². The Hall–Kier alpha value is -2.73. The lowest BCUT2D eigenvalue weighted by Crippen LogP contribution is -2.27. The molecule has 2 heterocycles. The van der Waals surface area contributed by atoms with Crippen LogP contribution in [0.3, 0.4) is 0 Å². The van der Waals surface area contributed by atoms with Gasteiger partial charge in [0.05, 0.1) is 22.0 Å².